The number of nitrogens with one attached hydrogen (secondary N) is 1. The number of halogens is 2. The highest BCUT2D eigenvalue weighted by molar-refractivity contribution is 6.31. The van der Waals surface area contributed by atoms with E-state index in [1.54, 1.807) is 6.07 Å². The molecule has 1 saturated carbocycles. The summed E-state index contributed by atoms with van der Waals surface area (Å²) < 4.78 is 12.8. The molecule has 1 aromatic rings. The minimum atomic E-state index is -0.260. The number of hydrogen-bond acceptors (Lipinski definition) is 1. The van der Waals surface area contributed by atoms with Crippen molar-refractivity contribution in [2.45, 2.75) is 12.3 Å². The van der Waals surface area contributed by atoms with Gasteiger partial charge in [-0.1, -0.05) is 17.7 Å². The van der Waals surface area contributed by atoms with Crippen LogP contribution >= 0.6 is 11.6 Å². The Kier molecular flexibility index (Phi) is 2.75. The minimum Gasteiger partial charge on any atom is -0.319 e. The van der Waals surface area contributed by atoms with E-state index in [2.05, 4.69) is 5.32 Å². The summed E-state index contributed by atoms with van der Waals surface area (Å²) in [4.78, 5) is 0. The van der Waals surface area contributed by atoms with E-state index in [4.69, 9.17) is 11.6 Å². The highest BCUT2D eigenvalue weighted by Crippen LogP contribution is 2.49. The van der Waals surface area contributed by atoms with Crippen LogP contribution in [-0.2, 0) is 0 Å². The molecule has 0 aliphatic heterocycles. The third kappa shape index (κ3) is 1.91. The summed E-state index contributed by atoms with van der Waals surface area (Å²) >= 11 is 5.97. The normalized spacial score (nSPS) is 25.1. The number of rotatable bonds is 3. The van der Waals surface area contributed by atoms with E-state index in [9.17, 15) is 4.39 Å². The molecule has 2 rings (SSSR count). The lowest BCUT2D eigenvalue weighted by atomic mass is 10.1. The quantitative estimate of drug-likeness (QED) is 0.814. The zero-order valence-corrected chi connectivity index (χ0v) is 8.81. The molecule has 0 heterocycles. The van der Waals surface area contributed by atoms with Crippen LogP contribution in [0.15, 0.2) is 18.2 Å². The molecule has 2 unspecified atom stereocenters. The van der Waals surface area contributed by atoms with Crippen LogP contribution in [0.25, 0.3) is 0 Å². The molecule has 0 aromatic heterocycles. The molecule has 1 nitrogen and oxygen atoms in total. The van der Waals surface area contributed by atoms with Crippen molar-refractivity contribution in [3.8, 4) is 0 Å². The van der Waals surface area contributed by atoms with Crippen molar-refractivity contribution in [1.82, 2.24) is 5.32 Å². The predicted molar refractivity (Wildman–Crippen MR) is 56.2 cm³/mol. The Hall–Kier alpha value is -0.600. The smallest absolute Gasteiger partial charge is 0.124 e. The van der Waals surface area contributed by atoms with Crippen LogP contribution in [0.1, 0.15) is 17.9 Å². The summed E-state index contributed by atoms with van der Waals surface area (Å²) in [5.41, 5.74) is 1.09. The molecule has 1 fully saturated rings. The molecular weight excluding hydrogens is 201 g/mol. The zero-order chi connectivity index (χ0) is 10.1. The lowest BCUT2D eigenvalue weighted by Crippen LogP contribution is -2.10. The molecule has 76 valence electrons. The predicted octanol–water partition coefficient (Wildman–Crippen LogP) is 2.80. The summed E-state index contributed by atoms with van der Waals surface area (Å²) in [7, 11) is 1.95. The van der Waals surface area contributed by atoms with Gasteiger partial charge in [0, 0.05) is 5.02 Å². The van der Waals surface area contributed by atoms with Crippen molar-refractivity contribution in [3.63, 3.8) is 0 Å². The van der Waals surface area contributed by atoms with E-state index in [1.807, 2.05) is 7.05 Å². The van der Waals surface area contributed by atoms with Gasteiger partial charge in [-0.25, -0.2) is 4.39 Å². The molecule has 0 spiro atoms. The van der Waals surface area contributed by atoms with Gasteiger partial charge in [-0.15, -0.1) is 0 Å². The van der Waals surface area contributed by atoms with Gasteiger partial charge in [0.15, 0.2) is 0 Å². The first-order chi connectivity index (χ1) is 6.72. The number of benzene rings is 1. The lowest BCUT2D eigenvalue weighted by molar-refractivity contribution is 0.626. The fourth-order valence-corrected chi connectivity index (χ4v) is 2.23. The van der Waals surface area contributed by atoms with Crippen LogP contribution in [0.5, 0.6) is 0 Å². The van der Waals surface area contributed by atoms with Gasteiger partial charge in [-0.3, -0.25) is 0 Å². The fraction of sp³-hybridized carbons (Fsp3) is 0.455. The van der Waals surface area contributed by atoms with Gasteiger partial charge in [0.25, 0.3) is 0 Å². The second-order valence-corrected chi connectivity index (χ2v) is 4.23. The molecule has 1 aliphatic carbocycles. The van der Waals surface area contributed by atoms with Crippen molar-refractivity contribution in [2.24, 2.45) is 5.92 Å². The van der Waals surface area contributed by atoms with E-state index in [-0.39, 0.29) is 5.82 Å². The largest absolute Gasteiger partial charge is 0.319 e. The average Bonchev–Trinajstić information content (AvgIpc) is 2.84. The lowest BCUT2D eigenvalue weighted by Gasteiger charge is -2.03. The molecular formula is C11H13ClFN. The van der Waals surface area contributed by atoms with Crippen molar-refractivity contribution in [2.75, 3.05) is 13.6 Å². The van der Waals surface area contributed by atoms with E-state index in [0.29, 0.717) is 16.9 Å². The molecule has 2 atom stereocenters. The van der Waals surface area contributed by atoms with Gasteiger partial charge >= 0.3 is 0 Å². The van der Waals surface area contributed by atoms with E-state index in [0.717, 1.165) is 18.5 Å². The van der Waals surface area contributed by atoms with Crippen molar-refractivity contribution in [3.05, 3.63) is 34.6 Å². The van der Waals surface area contributed by atoms with Crippen molar-refractivity contribution >= 4 is 11.6 Å². The summed E-state index contributed by atoms with van der Waals surface area (Å²) in [6, 6.07) is 4.68. The zero-order valence-electron chi connectivity index (χ0n) is 8.06. The maximum atomic E-state index is 12.8. The number of hydrogen-bond donors (Lipinski definition) is 1. The second-order valence-electron chi connectivity index (χ2n) is 3.83. The molecule has 1 aliphatic rings. The van der Waals surface area contributed by atoms with Gasteiger partial charge in [0.1, 0.15) is 5.82 Å². The summed E-state index contributed by atoms with van der Waals surface area (Å²) in [6.07, 6.45) is 1.16. The van der Waals surface area contributed by atoms with Gasteiger partial charge in [0.2, 0.25) is 0 Å². The maximum Gasteiger partial charge on any atom is 0.124 e. The Morgan fingerprint density at radius 2 is 2.36 bits per heavy atom. The first-order valence-electron chi connectivity index (χ1n) is 4.82. The first-order valence-corrected chi connectivity index (χ1v) is 5.19. The highest BCUT2D eigenvalue weighted by Gasteiger charge is 2.38. The van der Waals surface area contributed by atoms with E-state index < -0.39 is 0 Å². The molecule has 3 heteroatoms. The molecule has 0 amide bonds. The minimum absolute atomic E-state index is 0.260. The van der Waals surface area contributed by atoms with Crippen molar-refractivity contribution in [1.29, 1.82) is 0 Å². The molecule has 0 bridgehead atoms. The Balaban J connectivity index is 2.11. The first kappa shape index (κ1) is 9.94. The summed E-state index contributed by atoms with van der Waals surface area (Å²) in [5.74, 6) is 0.933. The molecule has 0 radical (unpaired) electrons. The Morgan fingerprint density at radius 1 is 1.57 bits per heavy atom. The topological polar surface area (TPSA) is 12.0 Å². The summed E-state index contributed by atoms with van der Waals surface area (Å²) in [6.45, 7) is 1.01. The van der Waals surface area contributed by atoms with Crippen LogP contribution in [0.4, 0.5) is 4.39 Å². The third-order valence-corrected chi connectivity index (χ3v) is 3.08. The second kappa shape index (κ2) is 3.87. The molecule has 1 N–H and O–H groups in total. The van der Waals surface area contributed by atoms with Crippen LogP contribution in [-0.4, -0.2) is 13.6 Å². The third-order valence-electron chi connectivity index (χ3n) is 2.75. The van der Waals surface area contributed by atoms with E-state index in [1.165, 1.54) is 12.1 Å². The Labute approximate surface area is 88.3 Å². The van der Waals surface area contributed by atoms with Gasteiger partial charge in [-0.05, 0) is 49.5 Å². The van der Waals surface area contributed by atoms with Gasteiger partial charge in [0.05, 0.1) is 0 Å². The van der Waals surface area contributed by atoms with Gasteiger partial charge in [-0.2, -0.15) is 0 Å². The van der Waals surface area contributed by atoms with Crippen molar-refractivity contribution < 1.29 is 4.39 Å². The van der Waals surface area contributed by atoms with Crippen LogP contribution in [0, 0.1) is 11.7 Å². The Bertz CT molecular complexity index is 340. The SMILES string of the molecule is CNCC1CC1c1ccc(F)cc1Cl. The Morgan fingerprint density at radius 3 is 3.00 bits per heavy atom. The molecule has 0 saturated heterocycles. The average molecular weight is 214 g/mol. The monoisotopic (exact) mass is 213 g/mol. The summed E-state index contributed by atoms with van der Waals surface area (Å²) in [5, 5.41) is 3.71. The van der Waals surface area contributed by atoms with Gasteiger partial charge < -0.3 is 5.32 Å². The van der Waals surface area contributed by atoms with Crippen LogP contribution in [0.2, 0.25) is 5.02 Å². The van der Waals surface area contributed by atoms with Crippen LogP contribution < -0.4 is 5.32 Å². The highest BCUT2D eigenvalue weighted by atomic mass is 35.5. The van der Waals surface area contributed by atoms with Crippen LogP contribution in [0.3, 0.4) is 0 Å². The maximum absolute atomic E-state index is 12.8. The molecule has 14 heavy (non-hydrogen) atoms. The van der Waals surface area contributed by atoms with E-state index >= 15 is 0 Å². The standard InChI is InChI=1S/C11H13ClFN/c1-14-6-7-4-10(7)9-3-2-8(13)5-11(9)12/h2-3,5,7,10,14H,4,6H2,1H3. The fourth-order valence-electron chi connectivity index (χ4n) is 1.92. The molecule has 1 aromatic carbocycles.